The molecule has 0 bridgehead atoms. The lowest BCUT2D eigenvalue weighted by Gasteiger charge is -2.06. The monoisotopic (exact) mass is 384 g/mol. The topological polar surface area (TPSA) is 89.3 Å². The molecule has 0 saturated heterocycles. The van der Waals surface area contributed by atoms with Crippen molar-refractivity contribution in [3.63, 3.8) is 0 Å². The molecule has 0 spiro atoms. The van der Waals surface area contributed by atoms with E-state index in [2.05, 4.69) is 5.32 Å². The number of nitrogens with one attached hydrogen (secondary N) is 1. The number of carbonyl (C=O) groups excluding carboxylic acids is 1. The van der Waals surface area contributed by atoms with Crippen LogP contribution in [-0.2, 0) is 20.6 Å². The summed E-state index contributed by atoms with van der Waals surface area (Å²) in [4.78, 5) is 13.0. The van der Waals surface area contributed by atoms with Crippen molar-refractivity contribution in [1.29, 1.82) is 0 Å². The van der Waals surface area contributed by atoms with E-state index in [4.69, 9.17) is 16.7 Å². The number of benzene rings is 2. The smallest absolute Gasteiger partial charge is 0.225 e. The van der Waals surface area contributed by atoms with Gasteiger partial charge in [0.25, 0.3) is 0 Å². The summed E-state index contributed by atoms with van der Waals surface area (Å²) < 4.78 is 22.0. The first-order valence-electron chi connectivity index (χ1n) is 7.09. The van der Waals surface area contributed by atoms with Crippen LogP contribution in [0.15, 0.2) is 53.4 Å². The molecule has 0 aliphatic heterocycles. The summed E-state index contributed by atoms with van der Waals surface area (Å²) >= 11 is 7.40. The van der Waals surface area contributed by atoms with Gasteiger partial charge in [-0.1, -0.05) is 23.7 Å². The molecule has 0 aliphatic rings. The third-order valence-electron chi connectivity index (χ3n) is 3.02. The molecule has 0 fully saturated rings. The second-order valence-corrected chi connectivity index (χ2v) is 8.32. The molecule has 24 heavy (non-hydrogen) atoms. The van der Waals surface area contributed by atoms with Crippen LogP contribution in [0.4, 0.5) is 5.69 Å². The Labute approximate surface area is 150 Å². The lowest BCUT2D eigenvalue weighted by molar-refractivity contribution is -0.115. The second-order valence-electron chi connectivity index (χ2n) is 5.10. The fourth-order valence-corrected chi connectivity index (χ4v) is 3.57. The first-order chi connectivity index (χ1) is 11.3. The van der Waals surface area contributed by atoms with Gasteiger partial charge in [-0.25, -0.2) is 13.6 Å². The number of halogens is 1. The predicted octanol–water partition coefficient (Wildman–Crippen LogP) is 3.25. The van der Waals surface area contributed by atoms with Crippen molar-refractivity contribution < 1.29 is 13.2 Å². The van der Waals surface area contributed by atoms with Crippen molar-refractivity contribution in [3.8, 4) is 0 Å². The molecule has 2 aromatic carbocycles. The summed E-state index contributed by atoms with van der Waals surface area (Å²) in [6.07, 6.45) is 0.367. The van der Waals surface area contributed by atoms with Gasteiger partial charge in [-0.05, 0) is 42.0 Å². The largest absolute Gasteiger partial charge is 0.326 e. The number of anilines is 1. The second kappa shape index (κ2) is 8.53. The van der Waals surface area contributed by atoms with Gasteiger partial charge >= 0.3 is 0 Å². The maximum absolute atomic E-state index is 11.9. The van der Waals surface area contributed by atoms with Crippen LogP contribution in [0, 0.1) is 0 Å². The van der Waals surface area contributed by atoms with Crippen LogP contribution in [0.1, 0.15) is 12.0 Å². The lowest BCUT2D eigenvalue weighted by Crippen LogP contribution is -2.15. The van der Waals surface area contributed by atoms with Crippen molar-refractivity contribution in [2.24, 2.45) is 5.14 Å². The summed E-state index contributed by atoms with van der Waals surface area (Å²) in [5.74, 6) is 0.325. The van der Waals surface area contributed by atoms with Crippen LogP contribution in [0.2, 0.25) is 5.02 Å². The minimum Gasteiger partial charge on any atom is -0.326 e. The first-order valence-corrected chi connectivity index (χ1v) is 10.2. The zero-order valence-electron chi connectivity index (χ0n) is 12.7. The number of carbonyl (C=O) groups is 1. The van der Waals surface area contributed by atoms with Gasteiger partial charge in [0.05, 0.1) is 5.75 Å². The average molecular weight is 385 g/mol. The molecule has 0 saturated carbocycles. The number of rotatable bonds is 7. The molecule has 0 unspecified atom stereocenters. The summed E-state index contributed by atoms with van der Waals surface area (Å²) in [6.45, 7) is 0. The van der Waals surface area contributed by atoms with Crippen molar-refractivity contribution in [2.75, 3.05) is 11.1 Å². The van der Waals surface area contributed by atoms with E-state index >= 15 is 0 Å². The molecule has 2 rings (SSSR count). The van der Waals surface area contributed by atoms with Crippen molar-refractivity contribution in [2.45, 2.75) is 17.1 Å². The first kappa shape index (κ1) is 18.8. The van der Waals surface area contributed by atoms with Gasteiger partial charge in [-0.3, -0.25) is 4.79 Å². The van der Waals surface area contributed by atoms with E-state index in [9.17, 15) is 13.2 Å². The highest BCUT2D eigenvalue weighted by atomic mass is 35.5. The van der Waals surface area contributed by atoms with E-state index in [1.54, 1.807) is 36.0 Å². The van der Waals surface area contributed by atoms with Gasteiger partial charge in [0, 0.05) is 27.8 Å². The van der Waals surface area contributed by atoms with Crippen LogP contribution in [0.5, 0.6) is 0 Å². The zero-order chi connectivity index (χ0) is 17.6. The van der Waals surface area contributed by atoms with E-state index in [0.29, 0.717) is 28.4 Å². The van der Waals surface area contributed by atoms with Gasteiger partial charge < -0.3 is 5.32 Å². The Bertz CT molecular complexity index is 791. The molecule has 0 radical (unpaired) electrons. The molecule has 3 N–H and O–H groups in total. The number of thioether (sulfide) groups is 1. The molecule has 0 aromatic heterocycles. The van der Waals surface area contributed by atoms with E-state index < -0.39 is 10.0 Å². The molecule has 0 atom stereocenters. The van der Waals surface area contributed by atoms with Crippen LogP contribution in [-0.4, -0.2) is 20.1 Å². The van der Waals surface area contributed by atoms with E-state index in [0.717, 1.165) is 4.90 Å². The summed E-state index contributed by atoms with van der Waals surface area (Å²) in [7, 11) is -3.55. The van der Waals surface area contributed by atoms with Crippen LogP contribution >= 0.6 is 23.4 Å². The maximum atomic E-state index is 11.9. The summed E-state index contributed by atoms with van der Waals surface area (Å²) in [5, 5.41) is 8.45. The molecular weight excluding hydrogens is 368 g/mol. The quantitative estimate of drug-likeness (QED) is 0.717. The van der Waals surface area contributed by atoms with Gasteiger partial charge in [-0.2, -0.15) is 0 Å². The molecule has 1 amide bonds. The van der Waals surface area contributed by atoms with Crippen LogP contribution < -0.4 is 10.5 Å². The summed E-state index contributed by atoms with van der Waals surface area (Å²) in [6, 6.07) is 14.0. The lowest BCUT2D eigenvalue weighted by atomic mass is 10.2. The average Bonchev–Trinajstić information content (AvgIpc) is 2.50. The number of amides is 1. The third kappa shape index (κ3) is 6.92. The van der Waals surface area contributed by atoms with Gasteiger partial charge in [0.1, 0.15) is 0 Å². The molecule has 8 heteroatoms. The number of nitrogens with two attached hydrogens (primary N) is 1. The fraction of sp³-hybridized carbons (Fsp3) is 0.188. The van der Waals surface area contributed by atoms with Crippen molar-refractivity contribution >= 4 is 45.0 Å². The molecule has 0 aliphatic carbocycles. The van der Waals surface area contributed by atoms with Crippen LogP contribution in [0.3, 0.4) is 0 Å². The van der Waals surface area contributed by atoms with Gasteiger partial charge in [0.15, 0.2) is 0 Å². The Morgan fingerprint density at radius 2 is 1.71 bits per heavy atom. The summed E-state index contributed by atoms with van der Waals surface area (Å²) in [5.41, 5.74) is 1.20. The highest BCUT2D eigenvalue weighted by Crippen LogP contribution is 2.21. The SMILES string of the molecule is NS(=O)(=O)Cc1ccc(NC(=O)CCSc2ccc(Cl)cc2)cc1. The standard InChI is InChI=1S/C16H17ClN2O3S2/c17-13-3-7-15(8-4-13)23-10-9-16(20)19-14-5-1-12(2-6-14)11-24(18,21)22/h1-8H,9-11H2,(H,19,20)(H2,18,21,22). The predicted molar refractivity (Wildman–Crippen MR) is 98.7 cm³/mol. The third-order valence-corrected chi connectivity index (χ3v) is 5.02. The Morgan fingerprint density at radius 1 is 1.08 bits per heavy atom. The Morgan fingerprint density at radius 3 is 2.29 bits per heavy atom. The minimum atomic E-state index is -3.55. The molecule has 128 valence electrons. The highest BCUT2D eigenvalue weighted by Gasteiger charge is 2.06. The number of hydrogen-bond acceptors (Lipinski definition) is 4. The molecule has 5 nitrogen and oxygen atoms in total. The van der Waals surface area contributed by atoms with Crippen molar-refractivity contribution in [1.82, 2.24) is 0 Å². The number of hydrogen-bond donors (Lipinski definition) is 2. The van der Waals surface area contributed by atoms with E-state index in [1.165, 1.54) is 0 Å². The Balaban J connectivity index is 1.78. The fourth-order valence-electron chi connectivity index (χ4n) is 1.93. The zero-order valence-corrected chi connectivity index (χ0v) is 15.1. The Hall–Kier alpha value is -1.54. The number of sulfonamides is 1. The normalized spacial score (nSPS) is 11.2. The highest BCUT2D eigenvalue weighted by molar-refractivity contribution is 7.99. The number of primary sulfonamides is 1. The molecule has 0 heterocycles. The molecule has 2 aromatic rings. The van der Waals surface area contributed by atoms with Gasteiger partial charge in [-0.15, -0.1) is 11.8 Å². The maximum Gasteiger partial charge on any atom is 0.225 e. The van der Waals surface area contributed by atoms with E-state index in [-0.39, 0.29) is 11.7 Å². The van der Waals surface area contributed by atoms with Crippen molar-refractivity contribution in [3.05, 3.63) is 59.1 Å². The van der Waals surface area contributed by atoms with E-state index in [1.807, 2.05) is 24.3 Å². The van der Waals surface area contributed by atoms with Gasteiger partial charge in [0.2, 0.25) is 15.9 Å². The molecular formula is C16H17ClN2O3S2. The van der Waals surface area contributed by atoms with Crippen LogP contribution in [0.25, 0.3) is 0 Å². The Kier molecular flexibility index (Phi) is 6.68. The minimum absolute atomic E-state index is 0.101.